The van der Waals surface area contributed by atoms with Gasteiger partial charge >= 0.3 is 5.97 Å². The van der Waals surface area contributed by atoms with E-state index in [0.717, 1.165) is 11.3 Å². The van der Waals surface area contributed by atoms with Crippen LogP contribution in [0.4, 0.5) is 0 Å². The zero-order chi connectivity index (χ0) is 13.9. The van der Waals surface area contributed by atoms with Gasteiger partial charge in [0.2, 0.25) is 10.0 Å². The maximum absolute atomic E-state index is 11.9. The van der Waals surface area contributed by atoms with Crippen LogP contribution >= 0.6 is 34.5 Å². The Kier molecular flexibility index (Phi) is 5.18. The largest absolute Gasteiger partial charge is 0.480 e. The second kappa shape index (κ2) is 6.03. The van der Waals surface area contributed by atoms with Crippen molar-refractivity contribution in [3.05, 3.63) is 27.4 Å². The second-order valence-electron chi connectivity index (χ2n) is 3.22. The van der Waals surface area contributed by atoms with Crippen LogP contribution in [0.5, 0.6) is 0 Å². The van der Waals surface area contributed by atoms with E-state index in [0.29, 0.717) is 0 Å². The molecule has 0 saturated carbocycles. The van der Waals surface area contributed by atoms with E-state index in [4.69, 9.17) is 28.3 Å². The molecule has 18 heavy (non-hydrogen) atoms. The lowest BCUT2D eigenvalue weighted by molar-refractivity contribution is -0.138. The van der Waals surface area contributed by atoms with Crippen molar-refractivity contribution in [2.75, 3.05) is 0 Å². The van der Waals surface area contributed by atoms with Gasteiger partial charge in [-0.05, 0) is 12.5 Å². The molecule has 1 rings (SSSR count). The molecule has 0 saturated heterocycles. The van der Waals surface area contributed by atoms with Crippen molar-refractivity contribution in [3.8, 4) is 0 Å². The maximum atomic E-state index is 11.9. The number of rotatable bonds is 6. The fourth-order valence-electron chi connectivity index (χ4n) is 1.13. The Labute approximate surface area is 118 Å². The highest BCUT2D eigenvalue weighted by Crippen LogP contribution is 2.34. The summed E-state index contributed by atoms with van der Waals surface area (Å²) in [6, 6.07) is -0.119. The topological polar surface area (TPSA) is 83.5 Å². The van der Waals surface area contributed by atoms with E-state index in [1.165, 1.54) is 12.1 Å². The van der Waals surface area contributed by atoms with Crippen LogP contribution in [0.25, 0.3) is 0 Å². The minimum Gasteiger partial charge on any atom is -0.480 e. The van der Waals surface area contributed by atoms with Crippen molar-refractivity contribution in [3.63, 3.8) is 0 Å². The van der Waals surface area contributed by atoms with E-state index in [1.54, 1.807) is 0 Å². The van der Waals surface area contributed by atoms with Gasteiger partial charge in [-0.3, -0.25) is 4.79 Å². The molecule has 1 aromatic rings. The zero-order valence-corrected chi connectivity index (χ0v) is 12.0. The number of carboxylic acids is 1. The molecule has 1 heterocycles. The quantitative estimate of drug-likeness (QED) is 0.785. The first kappa shape index (κ1) is 15.5. The molecule has 0 fully saturated rings. The number of carboxylic acid groups (broad SMARTS) is 1. The van der Waals surface area contributed by atoms with Crippen molar-refractivity contribution < 1.29 is 18.3 Å². The summed E-state index contributed by atoms with van der Waals surface area (Å²) in [5.74, 6) is -1.30. The van der Waals surface area contributed by atoms with Gasteiger partial charge in [-0.1, -0.05) is 29.3 Å². The molecule has 0 spiro atoms. The molecule has 0 aliphatic heterocycles. The Morgan fingerprint density at radius 2 is 2.22 bits per heavy atom. The normalized spacial score (nSPS) is 13.2. The lowest BCUT2D eigenvalue weighted by atomic mass is 10.2. The highest BCUT2D eigenvalue weighted by molar-refractivity contribution is 7.89. The van der Waals surface area contributed by atoms with E-state index in [2.05, 4.69) is 6.58 Å². The van der Waals surface area contributed by atoms with Gasteiger partial charge in [-0.15, -0.1) is 17.9 Å². The molecule has 0 bridgehead atoms. The van der Waals surface area contributed by atoms with Gasteiger partial charge in [-0.25, -0.2) is 8.42 Å². The van der Waals surface area contributed by atoms with Crippen molar-refractivity contribution >= 4 is 50.5 Å². The summed E-state index contributed by atoms with van der Waals surface area (Å²) < 4.78 is 26.0. The van der Waals surface area contributed by atoms with Crippen LogP contribution in [0.1, 0.15) is 6.42 Å². The van der Waals surface area contributed by atoms with E-state index >= 15 is 0 Å². The fraction of sp³-hybridized carbons (Fsp3) is 0.222. The third kappa shape index (κ3) is 3.69. The Bertz CT molecular complexity index is 567. The van der Waals surface area contributed by atoms with E-state index < -0.39 is 22.0 Å². The third-order valence-corrected chi connectivity index (χ3v) is 5.14. The van der Waals surface area contributed by atoms with Gasteiger partial charge in [0.1, 0.15) is 15.3 Å². The summed E-state index contributed by atoms with van der Waals surface area (Å²) in [5.41, 5.74) is 0. The standard InChI is InChI=1S/C9H9Cl2NO4S2/c1-2-3-5(9(13)14)12-18(15,16)6-4-7(10)17-8(6)11/h2,4-5,12H,1,3H2,(H,13,14). The van der Waals surface area contributed by atoms with Gasteiger partial charge in [-0.2, -0.15) is 4.72 Å². The van der Waals surface area contributed by atoms with Crippen molar-refractivity contribution in [2.24, 2.45) is 0 Å². The number of hydrogen-bond donors (Lipinski definition) is 2. The molecule has 1 atom stereocenters. The lowest BCUT2D eigenvalue weighted by Gasteiger charge is -2.12. The SMILES string of the molecule is C=CCC(NS(=O)(=O)c1cc(Cl)sc1Cl)C(=O)O. The van der Waals surface area contributed by atoms with Gasteiger partial charge in [0, 0.05) is 0 Å². The molecule has 0 amide bonds. The molecule has 0 aliphatic carbocycles. The van der Waals surface area contributed by atoms with Crippen LogP contribution < -0.4 is 4.72 Å². The lowest BCUT2D eigenvalue weighted by Crippen LogP contribution is -2.40. The summed E-state index contributed by atoms with van der Waals surface area (Å²) in [5, 5.41) is 8.86. The molecule has 0 aliphatic rings. The summed E-state index contributed by atoms with van der Waals surface area (Å²) >= 11 is 12.2. The molecule has 0 aromatic carbocycles. The molecular formula is C9H9Cl2NO4S2. The van der Waals surface area contributed by atoms with Crippen LogP contribution in [-0.2, 0) is 14.8 Å². The average Bonchev–Trinajstić information content (AvgIpc) is 2.57. The first-order chi connectivity index (χ1) is 8.27. The number of sulfonamides is 1. The van der Waals surface area contributed by atoms with Gasteiger partial charge in [0.05, 0.1) is 4.34 Å². The highest BCUT2D eigenvalue weighted by atomic mass is 35.5. The number of nitrogens with one attached hydrogen (secondary N) is 1. The van der Waals surface area contributed by atoms with Gasteiger partial charge in [0.25, 0.3) is 0 Å². The van der Waals surface area contributed by atoms with Crippen LogP contribution in [0.3, 0.4) is 0 Å². The average molecular weight is 330 g/mol. The highest BCUT2D eigenvalue weighted by Gasteiger charge is 2.27. The van der Waals surface area contributed by atoms with Crippen LogP contribution in [-0.4, -0.2) is 25.5 Å². The van der Waals surface area contributed by atoms with E-state index in [-0.39, 0.29) is 20.0 Å². The maximum Gasteiger partial charge on any atom is 0.322 e. The minimum atomic E-state index is -4.02. The Hall–Kier alpha value is -0.600. The molecule has 5 nitrogen and oxygen atoms in total. The Morgan fingerprint density at radius 1 is 1.61 bits per heavy atom. The monoisotopic (exact) mass is 329 g/mol. The van der Waals surface area contributed by atoms with Crippen LogP contribution in [0, 0.1) is 0 Å². The van der Waals surface area contributed by atoms with E-state index in [1.807, 2.05) is 4.72 Å². The predicted molar refractivity (Wildman–Crippen MR) is 70.9 cm³/mol. The molecular weight excluding hydrogens is 321 g/mol. The van der Waals surface area contributed by atoms with Crippen LogP contribution in [0.15, 0.2) is 23.6 Å². The third-order valence-electron chi connectivity index (χ3n) is 1.91. The van der Waals surface area contributed by atoms with Crippen molar-refractivity contribution in [1.82, 2.24) is 4.72 Å². The summed E-state index contributed by atoms with van der Waals surface area (Å²) in [6.45, 7) is 3.36. The Morgan fingerprint density at radius 3 is 2.61 bits per heavy atom. The summed E-state index contributed by atoms with van der Waals surface area (Å²) in [4.78, 5) is 10.6. The van der Waals surface area contributed by atoms with Crippen molar-refractivity contribution in [2.45, 2.75) is 17.4 Å². The number of hydrogen-bond acceptors (Lipinski definition) is 4. The van der Waals surface area contributed by atoms with Gasteiger partial charge in [0.15, 0.2) is 0 Å². The Balaban J connectivity index is 3.04. The van der Waals surface area contributed by atoms with Crippen LogP contribution in [0.2, 0.25) is 8.67 Å². The predicted octanol–water partition coefficient (Wildman–Crippen LogP) is 2.36. The first-order valence-corrected chi connectivity index (χ1v) is 7.64. The van der Waals surface area contributed by atoms with Crippen molar-refractivity contribution in [1.29, 1.82) is 0 Å². The smallest absolute Gasteiger partial charge is 0.322 e. The summed E-state index contributed by atoms with van der Waals surface area (Å²) in [7, 11) is -4.02. The molecule has 1 unspecified atom stereocenters. The zero-order valence-electron chi connectivity index (χ0n) is 8.89. The molecule has 1 aromatic heterocycles. The number of halogens is 2. The van der Waals surface area contributed by atoms with E-state index in [9.17, 15) is 13.2 Å². The molecule has 100 valence electrons. The number of thiophene rings is 1. The molecule has 9 heteroatoms. The first-order valence-electron chi connectivity index (χ1n) is 4.58. The summed E-state index contributed by atoms with van der Waals surface area (Å²) in [6.07, 6.45) is 1.27. The second-order valence-corrected chi connectivity index (χ2v) is 7.19. The fourth-order valence-corrected chi connectivity index (χ4v) is 4.48. The molecule has 2 N–H and O–H groups in total. The number of carbonyl (C=O) groups is 1. The number of aliphatic carboxylic acids is 1. The minimum absolute atomic E-state index is 0.0183. The van der Waals surface area contributed by atoms with Gasteiger partial charge < -0.3 is 5.11 Å². The molecule has 0 radical (unpaired) electrons.